The van der Waals surface area contributed by atoms with Crippen LogP contribution in [0, 0.1) is 5.92 Å². The van der Waals surface area contributed by atoms with E-state index in [1.807, 2.05) is 44.3 Å². The van der Waals surface area contributed by atoms with Gasteiger partial charge in [-0.2, -0.15) is 0 Å². The smallest absolute Gasteiger partial charge is 0.135 e. The molecule has 0 bridgehead atoms. The molecule has 0 radical (unpaired) electrons. The fourth-order valence-corrected chi connectivity index (χ4v) is 2.13. The number of rotatable bonds is 4. The predicted molar refractivity (Wildman–Crippen MR) is 69.9 cm³/mol. The maximum Gasteiger partial charge on any atom is 0.135 e. The van der Waals surface area contributed by atoms with Crippen molar-refractivity contribution in [2.24, 2.45) is 5.92 Å². The summed E-state index contributed by atoms with van der Waals surface area (Å²) in [5.41, 5.74) is 2.21. The number of hydrogen-bond donors (Lipinski definition) is 0. The molecule has 0 amide bonds. The van der Waals surface area contributed by atoms with E-state index in [1.165, 1.54) is 5.56 Å². The Balaban J connectivity index is 2.33. The van der Waals surface area contributed by atoms with Crippen molar-refractivity contribution in [2.45, 2.75) is 26.7 Å². The zero-order chi connectivity index (χ0) is 12.3. The minimum Gasteiger partial charge on any atom is -0.299 e. The molecule has 88 valence electrons. The molecule has 1 aromatic heterocycles. The van der Waals surface area contributed by atoms with Gasteiger partial charge in [0.05, 0.1) is 5.52 Å². The lowest BCUT2D eigenvalue weighted by atomic mass is 9.94. The molecule has 0 N–H and O–H groups in total. The van der Waals surface area contributed by atoms with Gasteiger partial charge in [0.25, 0.3) is 0 Å². The molecule has 0 spiro atoms. The Kier molecular flexibility index (Phi) is 3.52. The van der Waals surface area contributed by atoms with E-state index in [9.17, 15) is 4.79 Å². The molecule has 2 nitrogen and oxygen atoms in total. The summed E-state index contributed by atoms with van der Waals surface area (Å²) in [5.74, 6) is 0.414. The molecular formula is C15H17NO. The number of fused-ring (bicyclic) bond motifs is 1. The van der Waals surface area contributed by atoms with Crippen LogP contribution in [0.1, 0.15) is 25.8 Å². The number of para-hydroxylation sites is 1. The van der Waals surface area contributed by atoms with E-state index in [0.29, 0.717) is 12.2 Å². The lowest BCUT2D eigenvalue weighted by molar-refractivity contribution is -0.122. The van der Waals surface area contributed by atoms with Gasteiger partial charge < -0.3 is 0 Å². The molecule has 1 heterocycles. The summed E-state index contributed by atoms with van der Waals surface area (Å²) in [6.07, 6.45) is 3.24. The van der Waals surface area contributed by atoms with Gasteiger partial charge in [-0.25, -0.2) is 0 Å². The number of ketones is 1. The third-order valence-corrected chi connectivity index (χ3v) is 3.16. The first-order valence-corrected chi connectivity index (χ1v) is 6.07. The van der Waals surface area contributed by atoms with Crippen LogP contribution in [-0.2, 0) is 11.2 Å². The lowest BCUT2D eigenvalue weighted by Crippen LogP contribution is -2.12. The van der Waals surface area contributed by atoms with Gasteiger partial charge in [-0.15, -0.1) is 0 Å². The van der Waals surface area contributed by atoms with Gasteiger partial charge in [-0.3, -0.25) is 9.78 Å². The van der Waals surface area contributed by atoms with Crippen molar-refractivity contribution in [2.75, 3.05) is 0 Å². The van der Waals surface area contributed by atoms with Crippen LogP contribution in [0.3, 0.4) is 0 Å². The Morgan fingerprint density at radius 3 is 2.82 bits per heavy atom. The van der Waals surface area contributed by atoms with E-state index in [0.717, 1.165) is 17.3 Å². The third-order valence-electron chi connectivity index (χ3n) is 3.16. The lowest BCUT2D eigenvalue weighted by Gasteiger charge is -2.11. The highest BCUT2D eigenvalue weighted by Gasteiger charge is 2.12. The first kappa shape index (κ1) is 11.8. The predicted octanol–water partition coefficient (Wildman–Crippen LogP) is 3.39. The minimum absolute atomic E-state index is 0.0887. The summed E-state index contributed by atoms with van der Waals surface area (Å²) < 4.78 is 0. The molecule has 1 aromatic carbocycles. The highest BCUT2D eigenvalue weighted by molar-refractivity contribution is 5.84. The molecule has 2 aromatic rings. The second-order valence-corrected chi connectivity index (χ2v) is 4.41. The molecule has 0 aliphatic carbocycles. The molecule has 1 unspecified atom stereocenters. The van der Waals surface area contributed by atoms with E-state index in [2.05, 4.69) is 11.1 Å². The number of nitrogens with zero attached hydrogens (tertiary/aromatic N) is 1. The van der Waals surface area contributed by atoms with Gasteiger partial charge in [0.1, 0.15) is 5.78 Å². The number of benzene rings is 1. The van der Waals surface area contributed by atoms with Crippen LogP contribution >= 0.6 is 0 Å². The van der Waals surface area contributed by atoms with E-state index < -0.39 is 0 Å². The fourth-order valence-electron chi connectivity index (χ4n) is 2.13. The molecule has 0 saturated carbocycles. The van der Waals surface area contributed by atoms with E-state index >= 15 is 0 Å². The second kappa shape index (κ2) is 5.09. The van der Waals surface area contributed by atoms with Crippen molar-refractivity contribution in [1.29, 1.82) is 0 Å². The summed E-state index contributed by atoms with van der Waals surface area (Å²) in [4.78, 5) is 16.0. The number of carbonyl (C=O) groups excluding carboxylic acids is 1. The average molecular weight is 227 g/mol. The Morgan fingerprint density at radius 1 is 1.29 bits per heavy atom. The number of aromatic nitrogens is 1. The van der Waals surface area contributed by atoms with Gasteiger partial charge in [0, 0.05) is 23.9 Å². The van der Waals surface area contributed by atoms with Crippen LogP contribution in [0.5, 0.6) is 0 Å². The monoisotopic (exact) mass is 227 g/mol. The summed E-state index contributed by atoms with van der Waals surface area (Å²) in [6, 6.07) is 10.1. The Morgan fingerprint density at radius 2 is 2.06 bits per heavy atom. The van der Waals surface area contributed by atoms with Crippen LogP contribution in [0.15, 0.2) is 36.5 Å². The first-order chi connectivity index (χ1) is 8.22. The average Bonchev–Trinajstić information content (AvgIpc) is 2.38. The number of pyridine rings is 1. The van der Waals surface area contributed by atoms with Gasteiger partial charge in [0.15, 0.2) is 0 Å². The zero-order valence-corrected chi connectivity index (χ0v) is 10.3. The standard InChI is InChI=1S/C15H17NO/c1-3-15(17)11(2)10-12-8-9-16-14-7-5-4-6-13(12)14/h4-9,11H,3,10H2,1-2H3. The molecule has 0 saturated heterocycles. The normalized spacial score (nSPS) is 12.6. The van der Waals surface area contributed by atoms with E-state index in [-0.39, 0.29) is 5.92 Å². The molecule has 0 aliphatic rings. The van der Waals surface area contributed by atoms with Crippen molar-refractivity contribution >= 4 is 16.7 Å². The van der Waals surface area contributed by atoms with Crippen LogP contribution in [0.2, 0.25) is 0 Å². The Hall–Kier alpha value is -1.70. The topological polar surface area (TPSA) is 30.0 Å². The van der Waals surface area contributed by atoms with Crippen LogP contribution in [0.4, 0.5) is 0 Å². The minimum atomic E-state index is 0.0887. The van der Waals surface area contributed by atoms with Crippen LogP contribution in [0.25, 0.3) is 10.9 Å². The van der Waals surface area contributed by atoms with Crippen molar-refractivity contribution in [3.05, 3.63) is 42.1 Å². The molecule has 1 atom stereocenters. The maximum absolute atomic E-state index is 11.6. The first-order valence-electron chi connectivity index (χ1n) is 6.07. The SMILES string of the molecule is CCC(=O)C(C)Cc1ccnc2ccccc12. The summed E-state index contributed by atoms with van der Waals surface area (Å²) in [5, 5.41) is 1.16. The fraction of sp³-hybridized carbons (Fsp3) is 0.333. The van der Waals surface area contributed by atoms with Crippen LogP contribution < -0.4 is 0 Å². The van der Waals surface area contributed by atoms with Crippen molar-refractivity contribution in [1.82, 2.24) is 4.98 Å². The maximum atomic E-state index is 11.6. The van der Waals surface area contributed by atoms with Gasteiger partial charge in [-0.1, -0.05) is 32.0 Å². The van der Waals surface area contributed by atoms with Crippen molar-refractivity contribution in [3.63, 3.8) is 0 Å². The number of Topliss-reactive ketones (excluding diaryl/α,β-unsaturated/α-hetero) is 1. The molecule has 2 rings (SSSR count). The highest BCUT2D eigenvalue weighted by atomic mass is 16.1. The highest BCUT2D eigenvalue weighted by Crippen LogP contribution is 2.20. The van der Waals surface area contributed by atoms with Crippen LogP contribution in [-0.4, -0.2) is 10.8 Å². The third kappa shape index (κ3) is 2.52. The van der Waals surface area contributed by atoms with E-state index in [1.54, 1.807) is 0 Å². The van der Waals surface area contributed by atoms with Crippen molar-refractivity contribution in [3.8, 4) is 0 Å². The molecule has 0 aliphatic heterocycles. The molecular weight excluding hydrogens is 210 g/mol. The molecule has 2 heteroatoms. The summed E-state index contributed by atoms with van der Waals surface area (Å²) in [6.45, 7) is 3.92. The van der Waals surface area contributed by atoms with E-state index in [4.69, 9.17) is 0 Å². The second-order valence-electron chi connectivity index (χ2n) is 4.41. The molecule has 17 heavy (non-hydrogen) atoms. The van der Waals surface area contributed by atoms with Gasteiger partial charge in [0.2, 0.25) is 0 Å². The number of hydrogen-bond acceptors (Lipinski definition) is 2. The summed E-state index contributed by atoms with van der Waals surface area (Å²) in [7, 11) is 0. The zero-order valence-electron chi connectivity index (χ0n) is 10.3. The van der Waals surface area contributed by atoms with Gasteiger partial charge >= 0.3 is 0 Å². The van der Waals surface area contributed by atoms with Gasteiger partial charge in [-0.05, 0) is 24.1 Å². The molecule has 0 fully saturated rings. The Bertz CT molecular complexity index is 528. The quantitative estimate of drug-likeness (QED) is 0.801. The summed E-state index contributed by atoms with van der Waals surface area (Å²) >= 11 is 0. The Labute approximate surface area is 102 Å². The largest absolute Gasteiger partial charge is 0.299 e. The number of carbonyl (C=O) groups is 1. The van der Waals surface area contributed by atoms with Crippen molar-refractivity contribution < 1.29 is 4.79 Å².